The number of halogens is 1. The van der Waals surface area contributed by atoms with Crippen LogP contribution < -0.4 is 5.73 Å². The predicted octanol–water partition coefficient (Wildman–Crippen LogP) is 4.73. The number of anilines is 1. The third-order valence-corrected chi connectivity index (χ3v) is 5.54. The van der Waals surface area contributed by atoms with Crippen molar-refractivity contribution in [2.75, 3.05) is 5.73 Å². The van der Waals surface area contributed by atoms with Crippen LogP contribution in [0.25, 0.3) is 11.1 Å². The van der Waals surface area contributed by atoms with Crippen LogP contribution in [-0.4, -0.2) is 9.78 Å². The van der Waals surface area contributed by atoms with Crippen LogP contribution >= 0.6 is 15.9 Å². The molecule has 1 saturated carbocycles. The van der Waals surface area contributed by atoms with Crippen molar-refractivity contribution in [1.82, 2.24) is 9.78 Å². The quantitative estimate of drug-likeness (QED) is 0.853. The van der Waals surface area contributed by atoms with Gasteiger partial charge in [0.2, 0.25) is 0 Å². The second kappa shape index (κ2) is 5.16. The van der Waals surface area contributed by atoms with Gasteiger partial charge in [-0.1, -0.05) is 54.4 Å². The maximum absolute atomic E-state index is 6.34. The van der Waals surface area contributed by atoms with Gasteiger partial charge in [-0.3, -0.25) is 4.68 Å². The first kappa shape index (κ1) is 14.6. The van der Waals surface area contributed by atoms with Gasteiger partial charge < -0.3 is 5.73 Å². The number of nitrogens with zero attached hydrogens (tertiary/aromatic N) is 2. The van der Waals surface area contributed by atoms with Gasteiger partial charge in [-0.15, -0.1) is 0 Å². The van der Waals surface area contributed by atoms with E-state index in [-0.39, 0.29) is 5.41 Å². The highest BCUT2D eigenvalue weighted by Crippen LogP contribution is 2.51. The summed E-state index contributed by atoms with van der Waals surface area (Å²) in [5.41, 5.74) is 10.0. The van der Waals surface area contributed by atoms with Gasteiger partial charge in [-0.2, -0.15) is 5.10 Å². The van der Waals surface area contributed by atoms with Crippen LogP contribution in [0.1, 0.15) is 44.7 Å². The minimum Gasteiger partial charge on any atom is -0.383 e. The molecule has 0 amide bonds. The molecule has 1 fully saturated rings. The topological polar surface area (TPSA) is 43.8 Å². The van der Waals surface area contributed by atoms with E-state index in [1.54, 1.807) is 0 Å². The Morgan fingerprint density at radius 3 is 2.67 bits per heavy atom. The highest BCUT2D eigenvalue weighted by atomic mass is 79.9. The molecular formula is C17H22BrN3. The average Bonchev–Trinajstić information content (AvgIpc) is 2.91. The van der Waals surface area contributed by atoms with Crippen molar-refractivity contribution < 1.29 is 0 Å². The molecule has 1 aromatic heterocycles. The fourth-order valence-electron chi connectivity index (χ4n) is 3.58. The zero-order chi connectivity index (χ0) is 15.2. The molecule has 3 rings (SSSR count). The van der Waals surface area contributed by atoms with Crippen molar-refractivity contribution in [3.05, 3.63) is 34.4 Å². The number of rotatable bonds is 2. The summed E-state index contributed by atoms with van der Waals surface area (Å²) in [6.45, 7) is 4.69. The number of benzene rings is 1. The summed E-state index contributed by atoms with van der Waals surface area (Å²) >= 11 is 3.66. The number of hydrogen-bond donors (Lipinski definition) is 1. The van der Waals surface area contributed by atoms with Gasteiger partial charge in [0.25, 0.3) is 0 Å². The molecule has 3 nitrogen and oxygen atoms in total. The van der Waals surface area contributed by atoms with Crippen LogP contribution in [0.3, 0.4) is 0 Å². The molecule has 1 unspecified atom stereocenters. The lowest BCUT2D eigenvalue weighted by Gasteiger charge is -2.26. The van der Waals surface area contributed by atoms with Crippen LogP contribution in [-0.2, 0) is 7.05 Å². The average molecular weight is 348 g/mol. The van der Waals surface area contributed by atoms with Crippen molar-refractivity contribution in [2.45, 2.75) is 39.0 Å². The normalized spacial score (nSPS) is 20.9. The molecule has 0 aliphatic heterocycles. The van der Waals surface area contributed by atoms with E-state index < -0.39 is 0 Å². The molecular weight excluding hydrogens is 326 g/mol. The largest absolute Gasteiger partial charge is 0.383 e. The van der Waals surface area contributed by atoms with Crippen molar-refractivity contribution in [2.24, 2.45) is 12.5 Å². The molecule has 1 aromatic carbocycles. The zero-order valence-electron chi connectivity index (χ0n) is 12.9. The van der Waals surface area contributed by atoms with E-state index in [1.165, 1.54) is 19.3 Å². The highest BCUT2D eigenvalue weighted by molar-refractivity contribution is 9.10. The first-order chi connectivity index (χ1) is 9.92. The summed E-state index contributed by atoms with van der Waals surface area (Å²) in [5.74, 6) is 1.22. The first-order valence-corrected chi connectivity index (χ1v) is 8.28. The molecule has 0 spiro atoms. The summed E-state index contributed by atoms with van der Waals surface area (Å²) in [6.07, 6.45) is 3.72. The number of aryl methyl sites for hydroxylation is 1. The van der Waals surface area contributed by atoms with Crippen LogP contribution in [0.4, 0.5) is 5.82 Å². The number of nitrogens with two attached hydrogens (primary N) is 1. The van der Waals surface area contributed by atoms with Crippen molar-refractivity contribution in [3.63, 3.8) is 0 Å². The van der Waals surface area contributed by atoms with Gasteiger partial charge in [0.1, 0.15) is 5.82 Å². The van der Waals surface area contributed by atoms with E-state index in [1.807, 2.05) is 17.8 Å². The van der Waals surface area contributed by atoms with E-state index in [2.05, 4.69) is 48.0 Å². The van der Waals surface area contributed by atoms with Crippen LogP contribution in [0.2, 0.25) is 0 Å². The van der Waals surface area contributed by atoms with Crippen LogP contribution in [0, 0.1) is 5.41 Å². The van der Waals surface area contributed by atoms with Crippen molar-refractivity contribution >= 4 is 21.7 Å². The summed E-state index contributed by atoms with van der Waals surface area (Å²) in [5, 5.41) is 4.78. The second-order valence-corrected chi connectivity index (χ2v) is 7.54. The molecule has 1 atom stereocenters. The maximum atomic E-state index is 6.34. The minimum absolute atomic E-state index is 0.288. The Morgan fingerprint density at radius 2 is 2.05 bits per heavy atom. The third-order valence-electron chi connectivity index (χ3n) is 4.85. The Morgan fingerprint density at radius 1 is 1.33 bits per heavy atom. The van der Waals surface area contributed by atoms with Gasteiger partial charge in [0, 0.05) is 28.6 Å². The summed E-state index contributed by atoms with van der Waals surface area (Å²) < 4.78 is 2.89. The van der Waals surface area contributed by atoms with E-state index in [0.717, 1.165) is 27.1 Å². The molecule has 21 heavy (non-hydrogen) atoms. The van der Waals surface area contributed by atoms with Gasteiger partial charge in [0.05, 0.1) is 5.69 Å². The Bertz CT molecular complexity index is 673. The Kier molecular flexibility index (Phi) is 3.60. The molecule has 0 radical (unpaired) electrons. The van der Waals surface area contributed by atoms with E-state index in [4.69, 9.17) is 10.8 Å². The molecule has 4 heteroatoms. The van der Waals surface area contributed by atoms with E-state index in [9.17, 15) is 0 Å². The molecule has 0 bridgehead atoms. The lowest BCUT2D eigenvalue weighted by atomic mass is 9.78. The first-order valence-electron chi connectivity index (χ1n) is 7.49. The number of hydrogen-bond acceptors (Lipinski definition) is 2. The molecule has 1 heterocycles. The molecule has 112 valence electrons. The molecule has 2 N–H and O–H groups in total. The maximum Gasteiger partial charge on any atom is 0.129 e. The third kappa shape index (κ3) is 2.39. The number of nitrogen functional groups attached to an aromatic ring is 1. The van der Waals surface area contributed by atoms with E-state index in [0.29, 0.717) is 5.92 Å². The zero-order valence-corrected chi connectivity index (χ0v) is 14.4. The lowest BCUT2D eigenvalue weighted by molar-refractivity contribution is 0.326. The lowest BCUT2D eigenvalue weighted by Crippen LogP contribution is -2.16. The predicted molar refractivity (Wildman–Crippen MR) is 91.1 cm³/mol. The van der Waals surface area contributed by atoms with Crippen molar-refractivity contribution in [1.29, 1.82) is 0 Å². The van der Waals surface area contributed by atoms with Gasteiger partial charge in [-0.05, 0) is 24.3 Å². The van der Waals surface area contributed by atoms with Gasteiger partial charge in [-0.25, -0.2) is 0 Å². The van der Waals surface area contributed by atoms with Gasteiger partial charge >= 0.3 is 0 Å². The summed E-state index contributed by atoms with van der Waals surface area (Å²) in [4.78, 5) is 0. The van der Waals surface area contributed by atoms with E-state index >= 15 is 0 Å². The van der Waals surface area contributed by atoms with Gasteiger partial charge in [0.15, 0.2) is 0 Å². The summed E-state index contributed by atoms with van der Waals surface area (Å²) in [6, 6.07) is 8.25. The number of aromatic nitrogens is 2. The highest BCUT2D eigenvalue weighted by Gasteiger charge is 2.39. The second-order valence-electron chi connectivity index (χ2n) is 6.68. The Balaban J connectivity index is 2.20. The minimum atomic E-state index is 0.288. The monoisotopic (exact) mass is 347 g/mol. The molecule has 0 saturated heterocycles. The molecule has 1 aliphatic carbocycles. The Labute approximate surface area is 134 Å². The standard InChI is InChI=1S/C17H22BrN3/c1-17(2)10-6-8-12(17)15-14(16(19)21(3)20-15)11-7-4-5-9-13(11)18/h4-5,7,9,12H,6,8,10,19H2,1-3H3. The van der Waals surface area contributed by atoms with Crippen molar-refractivity contribution in [3.8, 4) is 11.1 Å². The summed E-state index contributed by atoms with van der Waals surface area (Å²) in [7, 11) is 1.93. The van der Waals surface area contributed by atoms with Crippen LogP contribution in [0.15, 0.2) is 28.7 Å². The fourth-order valence-corrected chi connectivity index (χ4v) is 4.06. The molecule has 1 aliphatic rings. The molecule has 2 aromatic rings. The SMILES string of the molecule is Cn1nc(C2CCCC2(C)C)c(-c2ccccc2Br)c1N. The Hall–Kier alpha value is -1.29. The fraction of sp³-hybridized carbons (Fsp3) is 0.471. The van der Waals surface area contributed by atoms with Crippen LogP contribution in [0.5, 0.6) is 0 Å². The smallest absolute Gasteiger partial charge is 0.129 e.